The van der Waals surface area contributed by atoms with E-state index in [0.29, 0.717) is 0 Å². The summed E-state index contributed by atoms with van der Waals surface area (Å²) in [5.41, 5.74) is 11.8. The van der Waals surface area contributed by atoms with E-state index in [1.807, 2.05) is 12.3 Å². The molecule has 7 aromatic rings. The van der Waals surface area contributed by atoms with Crippen molar-refractivity contribution in [1.82, 2.24) is 19.3 Å². The minimum Gasteiger partial charge on any atom is -0.457 e. The smallest absolute Gasteiger partial charge is 0.137 e. The fraction of sp³-hybridized carbons (Fsp3) is 0.304. The van der Waals surface area contributed by atoms with Crippen molar-refractivity contribution in [3.63, 3.8) is 0 Å². The summed E-state index contributed by atoms with van der Waals surface area (Å²) in [7, 11) is 0. The number of aromatic nitrogens is 4. The van der Waals surface area contributed by atoms with Crippen molar-refractivity contribution in [2.45, 2.75) is 81.6 Å². The Bertz CT molecular complexity index is 2360. The maximum atomic E-state index is 6.80. The van der Waals surface area contributed by atoms with E-state index in [1.54, 1.807) is 0 Å². The number of nitrogens with zero attached hydrogens (tertiary/aromatic N) is 4. The molecule has 5 heteroatoms. The highest BCUT2D eigenvalue weighted by Crippen LogP contribution is 2.38. The van der Waals surface area contributed by atoms with E-state index in [1.165, 1.54) is 38.6 Å². The normalized spacial score (nSPS) is 12.3. The van der Waals surface area contributed by atoms with Crippen molar-refractivity contribution in [3.8, 4) is 34.1 Å². The Morgan fingerprint density at radius 2 is 1.45 bits per heavy atom. The third-order valence-electron chi connectivity index (χ3n) is 9.62. The standard InChI is InChI=1S/C46H50N4O/c1-30-20-22-47-43(23-30)49-41-18-15-33(19-21-45(4,5)6)26-40(41)39-17-16-37(28-42(39)49)51-38-25-34(29-46(7,8)9)24-36(27-38)50-32(3)44(31(2)48-50)35-13-11-10-12-14-35/h10-18,20,22-28H,19,21,29H2,1-9H3. The molecule has 0 radical (unpaired) electrons. The van der Waals surface area contributed by atoms with Gasteiger partial charge in [-0.05, 0) is 122 Å². The van der Waals surface area contributed by atoms with Crippen LogP contribution in [0.4, 0.5) is 0 Å². The van der Waals surface area contributed by atoms with Gasteiger partial charge in [-0.3, -0.25) is 4.57 Å². The van der Waals surface area contributed by atoms with Crippen molar-refractivity contribution in [3.05, 3.63) is 131 Å². The molecule has 260 valence electrons. The monoisotopic (exact) mass is 674 g/mol. The molecule has 0 N–H and O–H groups in total. The van der Waals surface area contributed by atoms with Gasteiger partial charge in [-0.25, -0.2) is 9.67 Å². The molecule has 3 aromatic heterocycles. The van der Waals surface area contributed by atoms with Crippen LogP contribution < -0.4 is 4.74 Å². The van der Waals surface area contributed by atoms with E-state index in [2.05, 4.69) is 163 Å². The summed E-state index contributed by atoms with van der Waals surface area (Å²) < 4.78 is 11.1. The van der Waals surface area contributed by atoms with Gasteiger partial charge in [0.15, 0.2) is 0 Å². The van der Waals surface area contributed by atoms with Crippen molar-refractivity contribution in [1.29, 1.82) is 0 Å². The number of aryl methyl sites for hydroxylation is 3. The Balaban J connectivity index is 1.33. The molecule has 0 bridgehead atoms. The summed E-state index contributed by atoms with van der Waals surface area (Å²) in [6, 6.07) is 34.7. The van der Waals surface area contributed by atoms with Crippen LogP contribution >= 0.6 is 0 Å². The van der Waals surface area contributed by atoms with Crippen LogP contribution in [0.25, 0.3) is 44.4 Å². The molecule has 0 saturated carbocycles. The summed E-state index contributed by atoms with van der Waals surface area (Å²) in [5, 5.41) is 7.47. The zero-order valence-electron chi connectivity index (χ0n) is 31.6. The van der Waals surface area contributed by atoms with E-state index in [-0.39, 0.29) is 10.8 Å². The van der Waals surface area contributed by atoms with Gasteiger partial charge in [-0.15, -0.1) is 0 Å². The van der Waals surface area contributed by atoms with Gasteiger partial charge in [0.1, 0.15) is 17.3 Å². The Morgan fingerprint density at radius 3 is 2.18 bits per heavy atom. The summed E-state index contributed by atoms with van der Waals surface area (Å²) in [6.07, 6.45) is 4.98. The third-order valence-corrected chi connectivity index (χ3v) is 9.62. The van der Waals surface area contributed by atoms with Gasteiger partial charge in [-0.2, -0.15) is 5.10 Å². The van der Waals surface area contributed by atoms with Crippen LogP contribution in [-0.4, -0.2) is 19.3 Å². The van der Waals surface area contributed by atoms with E-state index in [4.69, 9.17) is 14.8 Å². The second-order valence-corrected chi connectivity index (χ2v) is 16.6. The average molecular weight is 675 g/mol. The van der Waals surface area contributed by atoms with Crippen LogP contribution in [0.15, 0.2) is 103 Å². The molecular weight excluding hydrogens is 625 g/mol. The number of pyridine rings is 1. The number of rotatable bonds is 8. The highest BCUT2D eigenvalue weighted by molar-refractivity contribution is 6.09. The molecule has 51 heavy (non-hydrogen) atoms. The Labute approximate surface area is 302 Å². The van der Waals surface area contributed by atoms with Gasteiger partial charge in [0.2, 0.25) is 0 Å². The first kappa shape index (κ1) is 34.3. The van der Waals surface area contributed by atoms with Gasteiger partial charge in [-0.1, -0.05) is 77.9 Å². The minimum absolute atomic E-state index is 0.104. The summed E-state index contributed by atoms with van der Waals surface area (Å²) >= 11 is 0. The van der Waals surface area contributed by atoms with Crippen LogP contribution in [0.2, 0.25) is 0 Å². The first-order valence-electron chi connectivity index (χ1n) is 18.2. The molecule has 7 rings (SSSR count). The minimum atomic E-state index is 0.104. The lowest BCUT2D eigenvalue weighted by Crippen LogP contribution is -2.10. The number of ether oxygens (including phenoxy) is 1. The van der Waals surface area contributed by atoms with E-state index in [0.717, 1.165) is 64.7 Å². The zero-order chi connectivity index (χ0) is 36.1. The molecule has 0 unspecified atom stereocenters. The van der Waals surface area contributed by atoms with Crippen LogP contribution in [0, 0.1) is 31.6 Å². The molecule has 0 amide bonds. The second kappa shape index (κ2) is 13.2. The van der Waals surface area contributed by atoms with Gasteiger partial charge < -0.3 is 4.74 Å². The van der Waals surface area contributed by atoms with Gasteiger partial charge in [0, 0.05) is 40.4 Å². The molecule has 5 nitrogen and oxygen atoms in total. The van der Waals surface area contributed by atoms with Gasteiger partial charge in [0.25, 0.3) is 0 Å². The lowest BCUT2D eigenvalue weighted by molar-refractivity contribution is 0.378. The summed E-state index contributed by atoms with van der Waals surface area (Å²) in [6.45, 7) is 20.1. The molecule has 3 heterocycles. The summed E-state index contributed by atoms with van der Waals surface area (Å²) in [4.78, 5) is 4.83. The second-order valence-electron chi connectivity index (χ2n) is 16.6. The fourth-order valence-corrected chi connectivity index (χ4v) is 7.27. The Kier molecular flexibility index (Phi) is 8.87. The van der Waals surface area contributed by atoms with E-state index >= 15 is 0 Å². The van der Waals surface area contributed by atoms with Gasteiger partial charge >= 0.3 is 0 Å². The highest BCUT2D eigenvalue weighted by atomic mass is 16.5. The van der Waals surface area contributed by atoms with Gasteiger partial charge in [0.05, 0.1) is 22.4 Å². The molecule has 0 saturated heterocycles. The Morgan fingerprint density at radius 1 is 0.667 bits per heavy atom. The topological polar surface area (TPSA) is 44.9 Å². The van der Waals surface area contributed by atoms with Crippen LogP contribution in [0.3, 0.4) is 0 Å². The van der Waals surface area contributed by atoms with E-state index in [9.17, 15) is 0 Å². The lowest BCUT2D eigenvalue weighted by atomic mass is 9.88. The third kappa shape index (κ3) is 7.35. The number of benzene rings is 4. The average Bonchev–Trinajstić information content (AvgIpc) is 3.55. The predicted octanol–water partition coefficient (Wildman–Crippen LogP) is 12.3. The SMILES string of the molecule is Cc1ccnc(-n2c3ccc(CCC(C)(C)C)cc3c3ccc(Oc4cc(CC(C)(C)C)cc(-n5nc(C)c(-c6ccccc6)c5C)c4)cc32)c1. The highest BCUT2D eigenvalue weighted by Gasteiger charge is 2.20. The molecular formula is C46H50N4O. The van der Waals surface area contributed by atoms with Crippen molar-refractivity contribution >= 4 is 21.8 Å². The molecule has 0 fully saturated rings. The molecule has 0 aliphatic carbocycles. The maximum Gasteiger partial charge on any atom is 0.137 e. The fourth-order valence-electron chi connectivity index (χ4n) is 7.27. The lowest BCUT2D eigenvalue weighted by Gasteiger charge is -2.20. The van der Waals surface area contributed by atoms with Crippen molar-refractivity contribution < 1.29 is 4.74 Å². The summed E-state index contributed by atoms with van der Waals surface area (Å²) in [5.74, 6) is 2.48. The van der Waals surface area contributed by atoms with Crippen LogP contribution in [0.1, 0.15) is 76.0 Å². The number of fused-ring (bicyclic) bond motifs is 3. The molecule has 0 spiro atoms. The molecule has 0 atom stereocenters. The van der Waals surface area contributed by atoms with Crippen LogP contribution in [-0.2, 0) is 12.8 Å². The number of hydrogen-bond donors (Lipinski definition) is 0. The number of hydrogen-bond acceptors (Lipinski definition) is 3. The molecule has 0 aliphatic rings. The maximum absolute atomic E-state index is 6.80. The zero-order valence-corrected chi connectivity index (χ0v) is 31.6. The van der Waals surface area contributed by atoms with Crippen molar-refractivity contribution in [2.24, 2.45) is 10.8 Å². The largest absolute Gasteiger partial charge is 0.457 e. The first-order chi connectivity index (χ1) is 24.2. The van der Waals surface area contributed by atoms with Crippen molar-refractivity contribution in [2.75, 3.05) is 0 Å². The van der Waals surface area contributed by atoms with E-state index < -0.39 is 0 Å². The Hall–Kier alpha value is -5.16. The van der Waals surface area contributed by atoms with Crippen LogP contribution in [0.5, 0.6) is 11.5 Å². The molecule has 0 aliphatic heterocycles. The quantitative estimate of drug-likeness (QED) is 0.161. The first-order valence-corrected chi connectivity index (χ1v) is 18.2. The predicted molar refractivity (Wildman–Crippen MR) is 213 cm³/mol. The molecule has 4 aromatic carbocycles.